The molecule has 3 N–H and O–H groups in total. The number of carbonyl (C=O) groups excluding carboxylic acids is 1. The number of fused-ring (bicyclic) bond motifs is 1. The maximum Gasteiger partial charge on any atom is 0.337 e. The number of nitrogen functional groups attached to an aromatic ring is 1. The van der Waals surface area contributed by atoms with Crippen LogP contribution in [0.1, 0.15) is 36.0 Å². The molecule has 2 atom stereocenters. The number of nitrogens with two attached hydrogens (primary N) is 1. The van der Waals surface area contributed by atoms with E-state index in [9.17, 15) is 14.7 Å². The van der Waals surface area contributed by atoms with Gasteiger partial charge in [-0.15, -0.1) is 0 Å². The minimum absolute atomic E-state index is 0.0409. The van der Waals surface area contributed by atoms with Crippen LogP contribution in [0, 0.1) is 17.8 Å². The number of aromatic carboxylic acids is 1. The fourth-order valence-corrected chi connectivity index (χ4v) is 3.72. The molecule has 0 aromatic heterocycles. The van der Waals surface area contributed by atoms with Crippen molar-refractivity contribution < 1.29 is 14.7 Å². The Hall–Kier alpha value is -2.04. The topological polar surface area (TPSA) is 83.6 Å². The third-order valence-electron chi connectivity index (χ3n) is 4.88. The number of rotatable bonds is 3. The average Bonchev–Trinajstić information content (AvgIpc) is 3.20. The second kappa shape index (κ2) is 5.06. The SMILES string of the molecule is CN(C(=O)C1C2CCCCC21)c1ccc(N)cc1C(=O)O. The highest BCUT2D eigenvalue weighted by Gasteiger charge is 2.55. The molecule has 0 bridgehead atoms. The molecule has 2 fully saturated rings. The van der Waals surface area contributed by atoms with Gasteiger partial charge in [-0.3, -0.25) is 4.79 Å². The van der Waals surface area contributed by atoms with E-state index in [1.165, 1.54) is 23.8 Å². The van der Waals surface area contributed by atoms with E-state index < -0.39 is 5.97 Å². The minimum Gasteiger partial charge on any atom is -0.478 e. The van der Waals surface area contributed by atoms with E-state index in [0.717, 1.165) is 12.8 Å². The second-order valence-electron chi connectivity index (χ2n) is 6.12. The van der Waals surface area contributed by atoms with Crippen LogP contribution in [0.5, 0.6) is 0 Å². The maximum absolute atomic E-state index is 12.6. The Balaban J connectivity index is 1.84. The Kier molecular flexibility index (Phi) is 3.35. The van der Waals surface area contributed by atoms with Crippen molar-refractivity contribution in [2.24, 2.45) is 17.8 Å². The van der Waals surface area contributed by atoms with Crippen molar-refractivity contribution in [2.75, 3.05) is 17.7 Å². The van der Waals surface area contributed by atoms with Crippen LogP contribution in [0.4, 0.5) is 11.4 Å². The van der Waals surface area contributed by atoms with Gasteiger partial charge in [0.15, 0.2) is 0 Å². The van der Waals surface area contributed by atoms with Crippen molar-refractivity contribution in [3.05, 3.63) is 23.8 Å². The maximum atomic E-state index is 12.6. The van der Waals surface area contributed by atoms with Crippen LogP contribution < -0.4 is 10.6 Å². The van der Waals surface area contributed by atoms with Crippen LogP contribution in [-0.4, -0.2) is 24.0 Å². The van der Waals surface area contributed by atoms with Gasteiger partial charge in [-0.05, 0) is 42.9 Å². The summed E-state index contributed by atoms with van der Waals surface area (Å²) in [6.07, 6.45) is 4.67. The van der Waals surface area contributed by atoms with Crippen molar-refractivity contribution in [1.82, 2.24) is 0 Å². The van der Waals surface area contributed by atoms with Gasteiger partial charge in [-0.1, -0.05) is 12.8 Å². The molecule has 21 heavy (non-hydrogen) atoms. The number of benzene rings is 1. The van der Waals surface area contributed by atoms with Crippen molar-refractivity contribution in [3.8, 4) is 0 Å². The molecule has 1 aromatic carbocycles. The third kappa shape index (κ3) is 2.37. The Morgan fingerprint density at radius 3 is 2.43 bits per heavy atom. The molecule has 3 rings (SSSR count). The van der Waals surface area contributed by atoms with Gasteiger partial charge in [-0.2, -0.15) is 0 Å². The van der Waals surface area contributed by atoms with Gasteiger partial charge in [0.2, 0.25) is 5.91 Å². The molecule has 1 amide bonds. The molecule has 0 heterocycles. The number of nitrogens with zero attached hydrogens (tertiary/aromatic N) is 1. The van der Waals surface area contributed by atoms with E-state index in [1.54, 1.807) is 19.2 Å². The van der Waals surface area contributed by atoms with Crippen LogP contribution in [-0.2, 0) is 4.79 Å². The predicted octanol–water partition coefficient (Wildman–Crippen LogP) is 2.37. The van der Waals surface area contributed by atoms with Gasteiger partial charge in [0.05, 0.1) is 11.3 Å². The summed E-state index contributed by atoms with van der Waals surface area (Å²) in [5.74, 6) is 0.0764. The number of hydrogen-bond donors (Lipinski definition) is 2. The summed E-state index contributed by atoms with van der Waals surface area (Å²) >= 11 is 0. The number of amides is 1. The van der Waals surface area contributed by atoms with E-state index in [2.05, 4.69) is 0 Å². The molecule has 2 aliphatic carbocycles. The molecule has 1 aromatic rings. The summed E-state index contributed by atoms with van der Waals surface area (Å²) in [6.45, 7) is 0. The Morgan fingerprint density at radius 2 is 1.86 bits per heavy atom. The summed E-state index contributed by atoms with van der Waals surface area (Å²) in [4.78, 5) is 25.5. The van der Waals surface area contributed by atoms with Gasteiger partial charge in [0, 0.05) is 18.7 Å². The smallest absolute Gasteiger partial charge is 0.337 e. The number of carbonyl (C=O) groups is 2. The van der Waals surface area contributed by atoms with Crippen LogP contribution in [0.25, 0.3) is 0 Å². The molecule has 0 radical (unpaired) electrons. The van der Waals surface area contributed by atoms with Gasteiger partial charge in [-0.25, -0.2) is 4.79 Å². The van der Waals surface area contributed by atoms with Gasteiger partial charge < -0.3 is 15.7 Å². The van der Waals surface area contributed by atoms with E-state index in [4.69, 9.17) is 5.73 Å². The zero-order valence-corrected chi connectivity index (χ0v) is 12.1. The lowest BCUT2D eigenvalue weighted by Gasteiger charge is -2.20. The number of carboxylic acid groups (broad SMARTS) is 1. The molecule has 2 unspecified atom stereocenters. The van der Waals surface area contributed by atoms with Crippen molar-refractivity contribution in [1.29, 1.82) is 0 Å². The first kappa shape index (κ1) is 13.9. The Morgan fingerprint density at radius 1 is 1.24 bits per heavy atom. The number of hydrogen-bond acceptors (Lipinski definition) is 3. The molecule has 2 saturated carbocycles. The molecule has 0 saturated heterocycles. The van der Waals surface area contributed by atoms with E-state index in [-0.39, 0.29) is 17.4 Å². The van der Waals surface area contributed by atoms with Crippen molar-refractivity contribution in [2.45, 2.75) is 25.7 Å². The number of anilines is 2. The summed E-state index contributed by atoms with van der Waals surface area (Å²) in [5, 5.41) is 9.29. The highest BCUT2D eigenvalue weighted by Crippen LogP contribution is 2.56. The lowest BCUT2D eigenvalue weighted by atomic mass is 10.0. The molecule has 5 heteroatoms. The van der Waals surface area contributed by atoms with Crippen LogP contribution in [0.15, 0.2) is 18.2 Å². The van der Waals surface area contributed by atoms with Gasteiger partial charge in [0.1, 0.15) is 0 Å². The quantitative estimate of drug-likeness (QED) is 0.836. The van der Waals surface area contributed by atoms with Crippen LogP contribution in [0.3, 0.4) is 0 Å². The molecule has 0 aliphatic heterocycles. The minimum atomic E-state index is -1.06. The normalized spacial score (nSPS) is 26.8. The first-order valence-electron chi connectivity index (χ1n) is 7.41. The average molecular weight is 288 g/mol. The molecule has 5 nitrogen and oxygen atoms in total. The number of carboxylic acids is 1. The fourth-order valence-electron chi connectivity index (χ4n) is 3.72. The second-order valence-corrected chi connectivity index (χ2v) is 6.12. The monoisotopic (exact) mass is 288 g/mol. The van der Waals surface area contributed by atoms with E-state index in [0.29, 0.717) is 23.2 Å². The Labute approximate surface area is 123 Å². The highest BCUT2D eigenvalue weighted by molar-refractivity contribution is 6.03. The lowest BCUT2D eigenvalue weighted by Crippen LogP contribution is -2.30. The van der Waals surface area contributed by atoms with Crippen molar-refractivity contribution >= 4 is 23.3 Å². The lowest BCUT2D eigenvalue weighted by molar-refractivity contribution is -0.120. The molecular weight excluding hydrogens is 268 g/mol. The summed E-state index contributed by atoms with van der Waals surface area (Å²) in [7, 11) is 1.66. The van der Waals surface area contributed by atoms with E-state index in [1.807, 2.05) is 0 Å². The van der Waals surface area contributed by atoms with Crippen molar-refractivity contribution in [3.63, 3.8) is 0 Å². The molecule has 112 valence electrons. The molecular formula is C16H20N2O3. The first-order chi connectivity index (χ1) is 10.0. The zero-order chi connectivity index (χ0) is 15.1. The third-order valence-corrected chi connectivity index (χ3v) is 4.88. The van der Waals surface area contributed by atoms with E-state index >= 15 is 0 Å². The summed E-state index contributed by atoms with van der Waals surface area (Å²) in [5.41, 5.74) is 6.53. The van der Waals surface area contributed by atoms with Gasteiger partial charge >= 0.3 is 5.97 Å². The van der Waals surface area contributed by atoms with Crippen LogP contribution >= 0.6 is 0 Å². The first-order valence-corrected chi connectivity index (χ1v) is 7.41. The molecule has 2 aliphatic rings. The summed E-state index contributed by atoms with van der Waals surface area (Å²) < 4.78 is 0. The zero-order valence-electron chi connectivity index (χ0n) is 12.1. The highest BCUT2D eigenvalue weighted by atomic mass is 16.4. The van der Waals surface area contributed by atoms with Crippen LogP contribution in [0.2, 0.25) is 0 Å². The summed E-state index contributed by atoms with van der Waals surface area (Å²) in [6, 6.07) is 4.65. The fraction of sp³-hybridized carbons (Fsp3) is 0.500. The molecule has 0 spiro atoms. The largest absolute Gasteiger partial charge is 0.478 e. The Bertz CT molecular complexity index is 587. The predicted molar refractivity (Wildman–Crippen MR) is 80.2 cm³/mol. The standard InChI is InChI=1S/C16H20N2O3/c1-18(13-7-6-9(17)8-12(13)16(20)21)15(19)14-10-4-2-3-5-11(10)14/h6-8,10-11,14H,2-5,17H2,1H3,(H,20,21). The van der Waals surface area contributed by atoms with Gasteiger partial charge in [0.25, 0.3) is 0 Å².